The Morgan fingerprint density at radius 3 is 2.00 bits per heavy atom. The van der Waals surface area contributed by atoms with E-state index in [1.807, 2.05) is 0 Å². The lowest BCUT2D eigenvalue weighted by Crippen LogP contribution is -2.03. The molecule has 1 unspecified atom stereocenters. The van der Waals surface area contributed by atoms with Gasteiger partial charge in [0.2, 0.25) is 0 Å². The predicted octanol–water partition coefficient (Wildman–Crippen LogP) is 5.03. The number of halogens is 6. The summed E-state index contributed by atoms with van der Waals surface area (Å²) in [5, 5.41) is -1.10. The number of rotatable bonds is 4. The van der Waals surface area contributed by atoms with Crippen LogP contribution in [0.3, 0.4) is 0 Å². The van der Waals surface area contributed by atoms with Crippen molar-refractivity contribution in [2.24, 2.45) is 0 Å². The van der Waals surface area contributed by atoms with E-state index in [2.05, 4.69) is 4.74 Å². The number of alkyl halides is 3. The Bertz CT molecular complexity index is 630. The molecular weight excluding hydrogens is 315 g/mol. The van der Waals surface area contributed by atoms with E-state index in [-0.39, 0.29) is 11.3 Å². The van der Waals surface area contributed by atoms with Crippen LogP contribution in [-0.2, 0) is 0 Å². The topological polar surface area (TPSA) is 9.23 Å². The Hall–Kier alpha value is -1.82. The van der Waals surface area contributed by atoms with E-state index in [1.165, 1.54) is 24.3 Å². The van der Waals surface area contributed by atoms with E-state index < -0.39 is 29.4 Å². The Labute approximate surface area is 121 Å². The molecule has 0 aliphatic heterocycles. The highest BCUT2D eigenvalue weighted by Gasteiger charge is 2.19. The van der Waals surface area contributed by atoms with Crippen LogP contribution in [0.1, 0.15) is 16.5 Å². The molecule has 0 spiro atoms. The molecular formula is C14H8ClF5O. The van der Waals surface area contributed by atoms with Gasteiger partial charge >= 0.3 is 6.61 Å². The number of ether oxygens (including phenoxy) is 1. The van der Waals surface area contributed by atoms with Crippen molar-refractivity contribution in [2.75, 3.05) is 0 Å². The van der Waals surface area contributed by atoms with Gasteiger partial charge in [0.1, 0.15) is 11.6 Å². The van der Waals surface area contributed by atoms with Crippen molar-refractivity contribution in [1.82, 2.24) is 0 Å². The first-order valence-electron chi connectivity index (χ1n) is 5.71. The minimum absolute atomic E-state index is 0.0941. The highest BCUT2D eigenvalue weighted by molar-refractivity contribution is 6.22. The van der Waals surface area contributed by atoms with Crippen molar-refractivity contribution in [3.8, 4) is 5.75 Å². The average molecular weight is 323 g/mol. The fourth-order valence-corrected chi connectivity index (χ4v) is 2.04. The lowest BCUT2D eigenvalue weighted by molar-refractivity contribution is -0.0498. The molecule has 2 aromatic carbocycles. The van der Waals surface area contributed by atoms with Gasteiger partial charge in [0, 0.05) is 11.6 Å². The average Bonchev–Trinajstić information content (AvgIpc) is 2.42. The third kappa shape index (κ3) is 3.64. The summed E-state index contributed by atoms with van der Waals surface area (Å²) in [5.74, 6) is -3.64. The molecule has 0 heterocycles. The van der Waals surface area contributed by atoms with E-state index in [4.69, 9.17) is 11.6 Å². The second-order valence-corrected chi connectivity index (χ2v) is 4.53. The molecule has 7 heteroatoms. The largest absolute Gasteiger partial charge is 0.435 e. The zero-order chi connectivity index (χ0) is 15.6. The number of hydrogen-bond acceptors (Lipinski definition) is 1. The minimum atomic E-state index is -2.97. The summed E-state index contributed by atoms with van der Waals surface area (Å²) in [7, 11) is 0. The number of hydrogen-bond donors (Lipinski definition) is 0. The van der Waals surface area contributed by atoms with Crippen LogP contribution in [0.25, 0.3) is 0 Å². The van der Waals surface area contributed by atoms with Crippen LogP contribution >= 0.6 is 11.6 Å². The Morgan fingerprint density at radius 1 is 0.857 bits per heavy atom. The molecule has 0 N–H and O–H groups in total. The van der Waals surface area contributed by atoms with Gasteiger partial charge in [0.05, 0.1) is 5.38 Å². The van der Waals surface area contributed by atoms with Gasteiger partial charge < -0.3 is 4.74 Å². The molecule has 0 saturated heterocycles. The third-order valence-corrected chi connectivity index (χ3v) is 3.20. The van der Waals surface area contributed by atoms with Crippen molar-refractivity contribution in [3.63, 3.8) is 0 Å². The van der Waals surface area contributed by atoms with Gasteiger partial charge in [0.15, 0.2) is 11.6 Å². The molecule has 21 heavy (non-hydrogen) atoms. The van der Waals surface area contributed by atoms with Crippen LogP contribution < -0.4 is 4.74 Å². The van der Waals surface area contributed by atoms with Gasteiger partial charge in [-0.15, -0.1) is 11.6 Å². The monoisotopic (exact) mass is 322 g/mol. The van der Waals surface area contributed by atoms with Crippen LogP contribution in [0.15, 0.2) is 36.4 Å². The van der Waals surface area contributed by atoms with Crippen LogP contribution in [0.4, 0.5) is 22.0 Å². The maximum atomic E-state index is 13.6. The molecule has 1 nitrogen and oxygen atoms in total. The summed E-state index contributed by atoms with van der Waals surface area (Å²) in [5.41, 5.74) is 0.0706. The number of benzene rings is 2. The fraction of sp³-hybridized carbons (Fsp3) is 0.143. The van der Waals surface area contributed by atoms with E-state index in [1.54, 1.807) is 0 Å². The standard InChI is InChI=1S/C14H8ClF5O/c15-13(9-5-11(17)12(18)6-10(9)16)7-1-3-8(4-2-7)21-14(19)20/h1-6,13-14H. The maximum Gasteiger partial charge on any atom is 0.387 e. The normalized spacial score (nSPS) is 12.5. The van der Waals surface area contributed by atoms with Crippen LogP contribution in [0.2, 0.25) is 0 Å². The van der Waals surface area contributed by atoms with Crippen molar-refractivity contribution >= 4 is 11.6 Å². The minimum Gasteiger partial charge on any atom is -0.435 e. The Kier molecular flexibility index (Phi) is 4.67. The first-order valence-corrected chi connectivity index (χ1v) is 6.15. The van der Waals surface area contributed by atoms with Crippen LogP contribution in [0, 0.1) is 17.5 Å². The lowest BCUT2D eigenvalue weighted by atomic mass is 10.0. The highest BCUT2D eigenvalue weighted by atomic mass is 35.5. The van der Waals surface area contributed by atoms with Crippen molar-refractivity contribution in [3.05, 3.63) is 65.0 Å². The summed E-state index contributed by atoms with van der Waals surface area (Å²) in [4.78, 5) is 0. The molecule has 2 rings (SSSR count). The van der Waals surface area contributed by atoms with Gasteiger partial charge in [-0.25, -0.2) is 13.2 Å². The van der Waals surface area contributed by atoms with Crippen LogP contribution in [-0.4, -0.2) is 6.61 Å². The molecule has 0 bridgehead atoms. The van der Waals surface area contributed by atoms with Crippen LogP contribution in [0.5, 0.6) is 5.75 Å². The lowest BCUT2D eigenvalue weighted by Gasteiger charge is -2.13. The van der Waals surface area contributed by atoms with Gasteiger partial charge in [-0.05, 0) is 23.8 Å². The van der Waals surface area contributed by atoms with Gasteiger partial charge in [-0.3, -0.25) is 0 Å². The second-order valence-electron chi connectivity index (χ2n) is 4.10. The molecule has 0 aliphatic carbocycles. The molecule has 0 aromatic heterocycles. The third-order valence-electron chi connectivity index (χ3n) is 2.71. The zero-order valence-corrected chi connectivity index (χ0v) is 11.1. The summed E-state index contributed by atoms with van der Waals surface area (Å²) in [6.45, 7) is -2.97. The zero-order valence-electron chi connectivity index (χ0n) is 10.3. The van der Waals surface area contributed by atoms with Crippen molar-refractivity contribution < 1.29 is 26.7 Å². The molecule has 0 aliphatic rings. The molecule has 0 fully saturated rings. The molecule has 112 valence electrons. The summed E-state index contributed by atoms with van der Waals surface area (Å²) >= 11 is 6.00. The summed E-state index contributed by atoms with van der Waals surface area (Å²) in [6.07, 6.45) is 0. The van der Waals surface area contributed by atoms with Gasteiger partial charge in [-0.1, -0.05) is 12.1 Å². The van der Waals surface area contributed by atoms with Crippen molar-refractivity contribution in [1.29, 1.82) is 0 Å². The quantitative estimate of drug-likeness (QED) is 0.435. The first-order chi connectivity index (χ1) is 9.88. The predicted molar refractivity (Wildman–Crippen MR) is 67.1 cm³/mol. The smallest absolute Gasteiger partial charge is 0.387 e. The summed E-state index contributed by atoms with van der Waals surface area (Å²) in [6, 6.07) is 6.15. The van der Waals surface area contributed by atoms with Gasteiger partial charge in [-0.2, -0.15) is 8.78 Å². The maximum absolute atomic E-state index is 13.6. The van der Waals surface area contributed by atoms with Crippen molar-refractivity contribution in [2.45, 2.75) is 12.0 Å². The van der Waals surface area contributed by atoms with Gasteiger partial charge in [0.25, 0.3) is 0 Å². The SMILES string of the molecule is Fc1cc(F)c(C(Cl)c2ccc(OC(F)F)cc2)cc1F. The first kappa shape index (κ1) is 15.6. The molecule has 0 amide bonds. The molecule has 2 aromatic rings. The Morgan fingerprint density at radius 2 is 1.43 bits per heavy atom. The van der Waals surface area contributed by atoms with E-state index >= 15 is 0 Å². The molecule has 0 saturated carbocycles. The van der Waals surface area contributed by atoms with E-state index in [0.29, 0.717) is 17.7 Å². The summed E-state index contributed by atoms with van der Waals surface area (Å²) < 4.78 is 67.8. The second kappa shape index (κ2) is 6.30. The van der Waals surface area contributed by atoms with E-state index in [0.717, 1.165) is 0 Å². The molecule has 0 radical (unpaired) electrons. The fourth-order valence-electron chi connectivity index (χ4n) is 1.73. The van der Waals surface area contributed by atoms with E-state index in [9.17, 15) is 22.0 Å². The highest BCUT2D eigenvalue weighted by Crippen LogP contribution is 2.32. The Balaban J connectivity index is 2.27. The molecule has 1 atom stereocenters.